The van der Waals surface area contributed by atoms with E-state index in [0.29, 0.717) is 22.2 Å². The zero-order chi connectivity index (χ0) is 33.3. The van der Waals surface area contributed by atoms with Gasteiger partial charge in [-0.05, 0) is 55.7 Å². The van der Waals surface area contributed by atoms with E-state index in [4.69, 9.17) is 19.9 Å². The summed E-state index contributed by atoms with van der Waals surface area (Å²) in [5, 5.41) is 3.94. The Bertz CT molecular complexity index is 2060. The van der Waals surface area contributed by atoms with Crippen molar-refractivity contribution in [2.24, 2.45) is 0 Å². The maximum atomic E-state index is 14.0. The number of benzene rings is 2. The van der Waals surface area contributed by atoms with Crippen LogP contribution in [0.5, 0.6) is 17.4 Å². The minimum atomic E-state index is -3.91. The highest BCUT2D eigenvalue weighted by molar-refractivity contribution is 7.93. The molecule has 0 amide bonds. The average Bonchev–Trinajstić information content (AvgIpc) is 3.64. The Balaban J connectivity index is 1.27. The first-order valence-electron chi connectivity index (χ1n) is 14.4. The van der Waals surface area contributed by atoms with Crippen LogP contribution in [0.2, 0.25) is 0 Å². The first-order valence-corrected chi connectivity index (χ1v) is 16.0. The number of aryl methyl sites for hydroxylation is 1. The van der Waals surface area contributed by atoms with Crippen LogP contribution in [0.25, 0.3) is 16.6 Å². The summed E-state index contributed by atoms with van der Waals surface area (Å²) in [6, 6.07) is 11.7. The van der Waals surface area contributed by atoms with Crippen molar-refractivity contribution >= 4 is 38.2 Å². The van der Waals surface area contributed by atoms with Gasteiger partial charge in [0.2, 0.25) is 21.7 Å². The highest BCUT2D eigenvalue weighted by atomic mass is 32.2. The molecular formula is C31H29F3N6O6S. The Morgan fingerprint density at radius 1 is 1.15 bits per heavy atom. The summed E-state index contributed by atoms with van der Waals surface area (Å²) < 4.78 is 86.1. The molecule has 12 nitrogen and oxygen atoms in total. The third-order valence-corrected chi connectivity index (χ3v) is 9.43. The number of nitrogens with one attached hydrogen (secondary N) is 2. The number of fused-ring (bicyclic) bond motifs is 1. The van der Waals surface area contributed by atoms with Gasteiger partial charge in [0.05, 0.1) is 40.3 Å². The number of anilines is 2. The van der Waals surface area contributed by atoms with Crippen molar-refractivity contribution in [2.75, 3.05) is 30.3 Å². The topological polar surface area (TPSA) is 163 Å². The molecule has 1 fully saturated rings. The van der Waals surface area contributed by atoms with E-state index >= 15 is 0 Å². The Hall–Kier alpha value is -5.09. The summed E-state index contributed by atoms with van der Waals surface area (Å²) in [5.74, 6) is -1.04. The fraction of sp³-hybridized carbons (Fsp3) is 0.258. The minimum Gasteiger partial charge on any atom is -0.485 e. The number of nitrogens with two attached hydrogens (primary N) is 1. The molecule has 4 heterocycles. The van der Waals surface area contributed by atoms with Crippen molar-refractivity contribution in [3.8, 4) is 23.1 Å². The third kappa shape index (κ3) is 6.73. The van der Waals surface area contributed by atoms with E-state index in [1.807, 2.05) is 0 Å². The Labute approximate surface area is 266 Å². The van der Waals surface area contributed by atoms with Crippen LogP contribution >= 0.6 is 0 Å². The number of aromatic amines is 1. The number of para-hydroxylation sites is 1. The predicted octanol–water partition coefficient (Wildman–Crippen LogP) is 5.37. The molecule has 47 heavy (non-hydrogen) atoms. The number of alkyl halides is 2. The molecule has 4 N–H and O–H groups in total. The molecule has 0 atom stereocenters. The van der Waals surface area contributed by atoms with Crippen LogP contribution in [0.4, 0.5) is 24.7 Å². The summed E-state index contributed by atoms with van der Waals surface area (Å²) in [4.78, 5) is 20.8. The van der Waals surface area contributed by atoms with Gasteiger partial charge in [0.15, 0.2) is 11.6 Å². The van der Waals surface area contributed by atoms with Gasteiger partial charge in [0.1, 0.15) is 18.2 Å². The first-order chi connectivity index (χ1) is 22.5. The molecule has 0 aliphatic carbocycles. The smallest absolute Gasteiger partial charge is 0.272 e. The van der Waals surface area contributed by atoms with Crippen molar-refractivity contribution < 1.29 is 40.6 Å². The molecule has 0 bridgehead atoms. The van der Waals surface area contributed by atoms with E-state index in [9.17, 15) is 26.4 Å². The van der Waals surface area contributed by atoms with Gasteiger partial charge in [0, 0.05) is 30.2 Å². The van der Waals surface area contributed by atoms with Gasteiger partial charge in [-0.3, -0.25) is 9.52 Å². The maximum Gasteiger partial charge on any atom is 0.272 e. The number of rotatable bonds is 11. The SMILES string of the molecule is Cc1cc(Oc2ccccc2F)ncc1-n1ncc(C(=O)c2cc3cc(OCC(F)F)c(NS(=O)(=O)C4CCOCC4)cc3[nH]2)c1N. The second-order valence-corrected chi connectivity index (χ2v) is 12.8. The van der Waals surface area contributed by atoms with Crippen molar-refractivity contribution in [1.82, 2.24) is 19.7 Å². The molecule has 5 aromatic rings. The van der Waals surface area contributed by atoms with Crippen molar-refractivity contribution in [3.05, 3.63) is 83.6 Å². The van der Waals surface area contributed by atoms with Gasteiger partial charge in [-0.15, -0.1) is 0 Å². The van der Waals surface area contributed by atoms with E-state index in [1.54, 1.807) is 19.1 Å². The lowest BCUT2D eigenvalue weighted by Gasteiger charge is -2.23. The molecule has 1 aliphatic rings. The summed E-state index contributed by atoms with van der Waals surface area (Å²) in [5.41, 5.74) is 7.85. The van der Waals surface area contributed by atoms with Crippen molar-refractivity contribution in [3.63, 3.8) is 0 Å². The number of halogens is 3. The largest absolute Gasteiger partial charge is 0.485 e. The molecule has 6 rings (SSSR count). The maximum absolute atomic E-state index is 14.0. The normalized spacial score (nSPS) is 14.1. The third-order valence-electron chi connectivity index (χ3n) is 7.58. The summed E-state index contributed by atoms with van der Waals surface area (Å²) in [6.07, 6.45) is 0.472. The summed E-state index contributed by atoms with van der Waals surface area (Å²) in [6.45, 7) is 1.35. The van der Waals surface area contributed by atoms with Gasteiger partial charge in [-0.2, -0.15) is 5.10 Å². The number of hydrogen-bond donors (Lipinski definition) is 3. The van der Waals surface area contributed by atoms with Crippen LogP contribution in [0.1, 0.15) is 34.5 Å². The van der Waals surface area contributed by atoms with Crippen LogP contribution in [0.3, 0.4) is 0 Å². The lowest BCUT2D eigenvalue weighted by molar-refractivity contribution is 0.0823. The Morgan fingerprint density at radius 3 is 2.64 bits per heavy atom. The zero-order valence-corrected chi connectivity index (χ0v) is 25.7. The standard InChI is InChI=1S/C31H29F3N6O6S/c1-17-10-29(46-26-5-3-2-4-21(26)32)36-15-25(17)40-31(35)20(14-37-40)30(41)24-11-18-12-27(45-16-28(33)34)23(13-22(18)38-24)39-47(42,43)19-6-8-44-9-7-19/h2-5,10-15,19,28,38-39H,6-9,16,35H2,1H3. The fourth-order valence-corrected chi connectivity index (χ4v) is 6.61. The number of aromatic nitrogens is 4. The highest BCUT2D eigenvalue weighted by Gasteiger charge is 2.29. The molecule has 0 radical (unpaired) electrons. The monoisotopic (exact) mass is 670 g/mol. The Kier molecular flexibility index (Phi) is 8.79. The summed E-state index contributed by atoms with van der Waals surface area (Å²) >= 11 is 0. The molecule has 246 valence electrons. The Morgan fingerprint density at radius 2 is 1.91 bits per heavy atom. The fourth-order valence-electron chi connectivity index (χ4n) is 5.17. The van der Waals surface area contributed by atoms with Gasteiger partial charge in [0.25, 0.3) is 6.43 Å². The zero-order valence-electron chi connectivity index (χ0n) is 24.9. The molecular weight excluding hydrogens is 641 g/mol. The molecule has 0 spiro atoms. The lowest BCUT2D eigenvalue weighted by Crippen LogP contribution is -2.33. The highest BCUT2D eigenvalue weighted by Crippen LogP contribution is 2.34. The van der Waals surface area contributed by atoms with Gasteiger partial charge in [-0.25, -0.2) is 31.3 Å². The molecule has 0 unspecified atom stereocenters. The van der Waals surface area contributed by atoms with E-state index in [2.05, 4.69) is 19.8 Å². The molecule has 3 aromatic heterocycles. The van der Waals surface area contributed by atoms with E-state index in [0.717, 1.165) is 0 Å². The number of ether oxygens (including phenoxy) is 3. The van der Waals surface area contributed by atoms with E-state index in [1.165, 1.54) is 53.5 Å². The second-order valence-electron chi connectivity index (χ2n) is 10.8. The first kappa shape index (κ1) is 31.9. The van der Waals surface area contributed by atoms with Crippen LogP contribution in [-0.4, -0.2) is 65.4 Å². The van der Waals surface area contributed by atoms with Crippen LogP contribution < -0.4 is 19.9 Å². The van der Waals surface area contributed by atoms with Crippen LogP contribution in [0, 0.1) is 12.7 Å². The number of nitrogen functional groups attached to an aromatic ring is 1. The van der Waals surface area contributed by atoms with Gasteiger partial charge in [-0.1, -0.05) is 12.1 Å². The number of carbonyl (C=O) groups excluding carboxylic acids is 1. The second kappa shape index (κ2) is 13.0. The van der Waals surface area contributed by atoms with Crippen molar-refractivity contribution in [1.29, 1.82) is 0 Å². The van der Waals surface area contributed by atoms with E-state index in [-0.39, 0.29) is 66.2 Å². The van der Waals surface area contributed by atoms with Gasteiger partial charge >= 0.3 is 0 Å². The van der Waals surface area contributed by atoms with Gasteiger partial charge < -0.3 is 24.9 Å². The number of hydrogen-bond acceptors (Lipinski definition) is 9. The van der Waals surface area contributed by atoms with E-state index < -0.39 is 39.9 Å². The number of pyridine rings is 1. The minimum absolute atomic E-state index is 0.00666. The number of H-pyrrole nitrogens is 1. The number of ketones is 1. The molecule has 16 heteroatoms. The van der Waals surface area contributed by atoms with Crippen molar-refractivity contribution in [2.45, 2.75) is 31.4 Å². The predicted molar refractivity (Wildman–Crippen MR) is 167 cm³/mol. The summed E-state index contributed by atoms with van der Waals surface area (Å²) in [7, 11) is -3.91. The molecule has 1 aliphatic heterocycles. The molecule has 1 saturated heterocycles. The average molecular weight is 671 g/mol. The number of carbonyl (C=O) groups is 1. The quantitative estimate of drug-likeness (QED) is 0.157. The van der Waals surface area contributed by atoms with Crippen LogP contribution in [0.15, 0.2) is 60.9 Å². The molecule has 2 aromatic carbocycles. The van der Waals surface area contributed by atoms with Crippen LogP contribution in [-0.2, 0) is 14.8 Å². The number of nitrogens with zero attached hydrogens (tertiary/aromatic N) is 3. The number of sulfonamides is 1. The molecule has 0 saturated carbocycles. The lowest BCUT2D eigenvalue weighted by atomic mass is 10.1.